The third-order valence-corrected chi connectivity index (χ3v) is 8.11. The van der Waals surface area contributed by atoms with Crippen LogP contribution >= 0.6 is 0 Å². The van der Waals surface area contributed by atoms with E-state index in [-0.39, 0.29) is 9.52 Å². The molecule has 0 nitrogen and oxygen atoms in total. The van der Waals surface area contributed by atoms with Crippen molar-refractivity contribution in [2.24, 2.45) is 23.7 Å². The van der Waals surface area contributed by atoms with Crippen molar-refractivity contribution in [2.75, 3.05) is 0 Å². The Morgan fingerprint density at radius 3 is 2.60 bits per heavy atom. The Kier molecular flexibility index (Phi) is 1.82. The van der Waals surface area contributed by atoms with E-state index in [2.05, 4.69) is 18.2 Å². The zero-order chi connectivity index (χ0) is 9.83. The highest BCUT2D eigenvalue weighted by Crippen LogP contribution is 2.50. The predicted octanol–water partition coefficient (Wildman–Crippen LogP) is 2.85. The average Bonchev–Trinajstić information content (AvgIpc) is 2.96. The van der Waals surface area contributed by atoms with E-state index in [1.807, 2.05) is 5.20 Å². The molecule has 0 amide bonds. The van der Waals surface area contributed by atoms with Crippen LogP contribution in [0, 0.1) is 23.7 Å². The van der Waals surface area contributed by atoms with Crippen LogP contribution in [-0.4, -0.2) is 9.52 Å². The Hall–Kier alpha value is -0.303. The monoisotopic (exact) mass is 216 g/mol. The second-order valence-electron chi connectivity index (χ2n) is 6.26. The fraction of sp³-hybridized carbons (Fsp3) is 0.714. The van der Waals surface area contributed by atoms with Gasteiger partial charge < -0.3 is 0 Å². The molecule has 5 unspecified atom stereocenters. The Morgan fingerprint density at radius 1 is 1.00 bits per heavy atom. The minimum atomic E-state index is 0.118. The molecule has 80 valence electrons. The van der Waals surface area contributed by atoms with Crippen molar-refractivity contribution in [2.45, 2.75) is 37.6 Å². The topological polar surface area (TPSA) is 0 Å². The maximum atomic E-state index is 2.70. The molecular weight excluding hydrogens is 196 g/mol. The van der Waals surface area contributed by atoms with Crippen molar-refractivity contribution in [3.8, 4) is 0 Å². The molecule has 2 saturated carbocycles. The molecule has 1 heteroatoms. The van der Waals surface area contributed by atoms with E-state index in [1.165, 1.54) is 12.8 Å². The van der Waals surface area contributed by atoms with Gasteiger partial charge in [0, 0.05) is 0 Å². The van der Waals surface area contributed by atoms with E-state index in [4.69, 9.17) is 0 Å². The van der Waals surface area contributed by atoms with Gasteiger partial charge in [0.05, 0.1) is 9.52 Å². The third kappa shape index (κ3) is 1.32. The number of hydrogen-bond donors (Lipinski definition) is 0. The maximum Gasteiger partial charge on any atom is 0.0532 e. The first kappa shape index (κ1) is 8.80. The maximum absolute atomic E-state index is 2.70. The molecule has 0 saturated heterocycles. The van der Waals surface area contributed by atoms with Crippen molar-refractivity contribution in [3.05, 3.63) is 23.4 Å². The van der Waals surface area contributed by atoms with Gasteiger partial charge in [-0.3, -0.25) is 0 Å². The fourth-order valence-corrected chi connectivity index (χ4v) is 7.64. The highest BCUT2D eigenvalue weighted by atomic mass is 28.2. The van der Waals surface area contributed by atoms with E-state index in [1.54, 1.807) is 19.3 Å². The van der Waals surface area contributed by atoms with Crippen LogP contribution in [0.2, 0.25) is 5.54 Å². The first-order valence-electron chi connectivity index (χ1n) is 6.77. The molecule has 0 heterocycles. The fourth-order valence-electron chi connectivity index (χ4n) is 4.61. The molecule has 4 rings (SSSR count). The summed E-state index contributed by atoms with van der Waals surface area (Å²) >= 11 is 0. The Morgan fingerprint density at radius 2 is 2.00 bits per heavy atom. The number of fused-ring (bicyclic) bond motifs is 4. The van der Waals surface area contributed by atoms with E-state index < -0.39 is 0 Å². The van der Waals surface area contributed by atoms with Gasteiger partial charge in [0.1, 0.15) is 0 Å². The van der Waals surface area contributed by atoms with Crippen LogP contribution in [-0.2, 0) is 0 Å². The quantitative estimate of drug-likeness (QED) is 0.492. The first-order valence-corrected chi connectivity index (χ1v) is 8.30. The number of allylic oxidation sites excluding steroid dienone is 4. The van der Waals surface area contributed by atoms with E-state index in [0.717, 1.165) is 29.2 Å². The van der Waals surface area contributed by atoms with Gasteiger partial charge in [0.25, 0.3) is 0 Å². The Balaban J connectivity index is 1.49. The van der Waals surface area contributed by atoms with Crippen LogP contribution in [0.25, 0.3) is 0 Å². The van der Waals surface area contributed by atoms with Gasteiger partial charge in [-0.2, -0.15) is 0 Å². The number of rotatable bonds is 2. The molecule has 4 aliphatic rings. The highest BCUT2D eigenvalue weighted by Gasteiger charge is 2.39. The van der Waals surface area contributed by atoms with Crippen LogP contribution in [0.15, 0.2) is 23.4 Å². The van der Waals surface area contributed by atoms with Gasteiger partial charge in [0.2, 0.25) is 0 Å². The van der Waals surface area contributed by atoms with Crippen molar-refractivity contribution in [3.63, 3.8) is 0 Å². The minimum Gasteiger partial charge on any atom is -0.0882 e. The molecule has 5 atom stereocenters. The second kappa shape index (κ2) is 3.10. The summed E-state index contributed by atoms with van der Waals surface area (Å²) in [5.41, 5.74) is 1.16. The highest BCUT2D eigenvalue weighted by molar-refractivity contribution is 6.47. The smallest absolute Gasteiger partial charge is 0.0532 e. The summed E-state index contributed by atoms with van der Waals surface area (Å²) in [7, 11) is 0.118. The molecule has 2 fully saturated rings. The summed E-state index contributed by atoms with van der Waals surface area (Å²) in [6, 6.07) is 0. The zero-order valence-electron chi connectivity index (χ0n) is 9.36. The van der Waals surface area contributed by atoms with Crippen LogP contribution in [0.1, 0.15) is 32.1 Å². The van der Waals surface area contributed by atoms with Crippen LogP contribution in [0.5, 0.6) is 0 Å². The lowest BCUT2D eigenvalue weighted by Crippen LogP contribution is -2.15. The van der Waals surface area contributed by atoms with Gasteiger partial charge in [-0.05, 0) is 61.3 Å². The second-order valence-corrected chi connectivity index (χ2v) is 8.53. The van der Waals surface area contributed by atoms with Gasteiger partial charge in [0.15, 0.2) is 0 Å². The van der Waals surface area contributed by atoms with Crippen LogP contribution < -0.4 is 0 Å². The van der Waals surface area contributed by atoms with Gasteiger partial charge >= 0.3 is 0 Å². The Labute approximate surface area is 94.7 Å². The molecule has 4 bridgehead atoms. The van der Waals surface area contributed by atoms with Crippen LogP contribution in [0.3, 0.4) is 0 Å². The van der Waals surface area contributed by atoms with Crippen molar-refractivity contribution >= 4 is 9.52 Å². The van der Waals surface area contributed by atoms with E-state index in [9.17, 15) is 0 Å². The summed E-state index contributed by atoms with van der Waals surface area (Å²) in [6.45, 7) is 0. The summed E-state index contributed by atoms with van der Waals surface area (Å²) in [6.07, 6.45) is 15.4. The molecule has 0 spiro atoms. The molecule has 0 radical (unpaired) electrons. The summed E-state index contributed by atoms with van der Waals surface area (Å²) in [5, 5.41) is 2.00. The summed E-state index contributed by atoms with van der Waals surface area (Å²) in [5.74, 6) is 4.10. The van der Waals surface area contributed by atoms with E-state index in [0.29, 0.717) is 0 Å². The summed E-state index contributed by atoms with van der Waals surface area (Å²) in [4.78, 5) is 0. The van der Waals surface area contributed by atoms with Gasteiger partial charge in [-0.1, -0.05) is 23.4 Å². The summed E-state index contributed by atoms with van der Waals surface area (Å²) < 4.78 is 0. The molecule has 0 aromatic rings. The lowest BCUT2D eigenvalue weighted by molar-refractivity contribution is 0.661. The van der Waals surface area contributed by atoms with E-state index >= 15 is 0 Å². The largest absolute Gasteiger partial charge is 0.0882 e. The standard InChI is InChI=1S/C14H20Si/c1-3-11-5-9(1)7-13(11)15-14-8-10-2-4-12(14)6-10/h1,3,8-13H,2,4-7,15H2. The molecule has 0 N–H and O–H groups in total. The molecule has 15 heavy (non-hydrogen) atoms. The lowest BCUT2D eigenvalue weighted by Gasteiger charge is -2.21. The first-order chi connectivity index (χ1) is 7.38. The molecule has 0 aromatic carbocycles. The zero-order valence-corrected chi connectivity index (χ0v) is 10.8. The predicted molar refractivity (Wildman–Crippen MR) is 66.6 cm³/mol. The lowest BCUT2D eigenvalue weighted by atomic mass is 10.1. The molecule has 4 aliphatic carbocycles. The normalized spacial score (nSPS) is 51.2. The minimum absolute atomic E-state index is 0.118. The number of hydrogen-bond acceptors (Lipinski definition) is 0. The van der Waals surface area contributed by atoms with Crippen molar-refractivity contribution in [1.82, 2.24) is 0 Å². The third-order valence-electron chi connectivity index (χ3n) is 5.36. The molecular formula is C14H20Si. The van der Waals surface area contributed by atoms with Crippen molar-refractivity contribution < 1.29 is 0 Å². The van der Waals surface area contributed by atoms with Crippen molar-refractivity contribution in [1.29, 1.82) is 0 Å². The molecule has 0 aromatic heterocycles. The molecule has 0 aliphatic heterocycles. The van der Waals surface area contributed by atoms with Gasteiger partial charge in [-0.25, -0.2) is 0 Å². The van der Waals surface area contributed by atoms with Gasteiger partial charge in [-0.15, -0.1) is 0 Å². The average molecular weight is 216 g/mol. The Bertz CT molecular complexity index is 341. The SMILES string of the molecule is C1=CC2CC1CC2[SiH2]C1=CC2CCC1C2. The van der Waals surface area contributed by atoms with Crippen LogP contribution in [0.4, 0.5) is 0 Å².